The highest BCUT2D eigenvalue weighted by Gasteiger charge is 2.16. The summed E-state index contributed by atoms with van der Waals surface area (Å²) in [6.45, 7) is -0.497. The van der Waals surface area contributed by atoms with E-state index in [0.29, 0.717) is 5.01 Å². The SMILES string of the molecule is COc1ccc(C(=O)COC(=O)c2csc(-c3ccccc3)n2)cc1F. The minimum atomic E-state index is -0.703. The molecule has 7 heteroatoms. The molecule has 1 aromatic heterocycles. The van der Waals surface area contributed by atoms with Crippen LogP contribution in [0, 0.1) is 5.82 Å². The molecule has 26 heavy (non-hydrogen) atoms. The number of benzene rings is 2. The van der Waals surface area contributed by atoms with Crippen LogP contribution in [0.2, 0.25) is 0 Å². The van der Waals surface area contributed by atoms with Gasteiger partial charge in [-0.2, -0.15) is 0 Å². The van der Waals surface area contributed by atoms with E-state index in [4.69, 9.17) is 9.47 Å². The number of rotatable bonds is 6. The van der Waals surface area contributed by atoms with Crippen LogP contribution in [0.3, 0.4) is 0 Å². The van der Waals surface area contributed by atoms with Crippen molar-refractivity contribution >= 4 is 23.1 Å². The average Bonchev–Trinajstić information content (AvgIpc) is 3.17. The number of carbonyl (C=O) groups is 2. The predicted molar refractivity (Wildman–Crippen MR) is 95.1 cm³/mol. The van der Waals surface area contributed by atoms with Crippen molar-refractivity contribution in [2.45, 2.75) is 0 Å². The van der Waals surface area contributed by atoms with Crippen LogP contribution in [0.4, 0.5) is 4.39 Å². The number of ketones is 1. The Balaban J connectivity index is 1.63. The van der Waals surface area contributed by atoms with E-state index in [2.05, 4.69) is 4.98 Å². The molecule has 132 valence electrons. The number of aromatic nitrogens is 1. The first kappa shape index (κ1) is 17.8. The smallest absolute Gasteiger partial charge is 0.358 e. The molecular weight excluding hydrogens is 357 g/mol. The molecule has 0 saturated carbocycles. The molecule has 0 amide bonds. The van der Waals surface area contributed by atoms with E-state index >= 15 is 0 Å². The summed E-state index contributed by atoms with van der Waals surface area (Å²) >= 11 is 1.31. The van der Waals surface area contributed by atoms with Crippen molar-refractivity contribution in [3.63, 3.8) is 0 Å². The number of ether oxygens (including phenoxy) is 2. The zero-order valence-electron chi connectivity index (χ0n) is 13.8. The first-order valence-electron chi connectivity index (χ1n) is 7.63. The Bertz CT molecular complexity index is 940. The highest BCUT2D eigenvalue weighted by Crippen LogP contribution is 2.23. The second kappa shape index (κ2) is 7.88. The lowest BCUT2D eigenvalue weighted by Gasteiger charge is -2.05. The van der Waals surface area contributed by atoms with E-state index in [1.165, 1.54) is 30.6 Å². The highest BCUT2D eigenvalue weighted by atomic mass is 32.1. The number of hydrogen-bond acceptors (Lipinski definition) is 6. The van der Waals surface area contributed by atoms with Gasteiger partial charge in [0.2, 0.25) is 0 Å². The Morgan fingerprint density at radius 3 is 2.62 bits per heavy atom. The summed E-state index contributed by atoms with van der Waals surface area (Å²) < 4.78 is 23.4. The fraction of sp³-hybridized carbons (Fsp3) is 0.105. The molecule has 3 aromatic rings. The van der Waals surface area contributed by atoms with E-state index in [0.717, 1.165) is 11.6 Å². The molecule has 0 spiro atoms. The summed E-state index contributed by atoms with van der Waals surface area (Å²) in [7, 11) is 1.33. The predicted octanol–water partition coefficient (Wildman–Crippen LogP) is 4.00. The van der Waals surface area contributed by atoms with Gasteiger partial charge in [-0.3, -0.25) is 4.79 Å². The van der Waals surface area contributed by atoms with Crippen LogP contribution in [0.1, 0.15) is 20.8 Å². The Kier molecular flexibility index (Phi) is 5.38. The largest absolute Gasteiger partial charge is 0.494 e. The van der Waals surface area contributed by atoms with Gasteiger partial charge in [-0.05, 0) is 18.2 Å². The standard InChI is InChI=1S/C19H14FNO4S/c1-24-17-8-7-13(9-14(17)20)16(22)10-25-19(23)15-11-26-18(21-15)12-5-3-2-4-6-12/h2-9,11H,10H2,1H3. The van der Waals surface area contributed by atoms with Gasteiger partial charge in [0.1, 0.15) is 5.01 Å². The second-order valence-electron chi connectivity index (χ2n) is 5.25. The van der Waals surface area contributed by atoms with Gasteiger partial charge in [0, 0.05) is 16.5 Å². The van der Waals surface area contributed by atoms with Gasteiger partial charge in [0.05, 0.1) is 7.11 Å². The third-order valence-electron chi connectivity index (χ3n) is 3.54. The summed E-state index contributed by atoms with van der Waals surface area (Å²) in [5.74, 6) is -1.84. The highest BCUT2D eigenvalue weighted by molar-refractivity contribution is 7.13. The molecule has 0 saturated heterocycles. The van der Waals surface area contributed by atoms with Crippen molar-refractivity contribution in [3.05, 3.63) is 71.0 Å². The van der Waals surface area contributed by atoms with Crippen molar-refractivity contribution < 1.29 is 23.5 Å². The van der Waals surface area contributed by atoms with Crippen molar-refractivity contribution in [2.24, 2.45) is 0 Å². The van der Waals surface area contributed by atoms with Gasteiger partial charge in [0.25, 0.3) is 0 Å². The number of halogens is 1. The van der Waals surface area contributed by atoms with E-state index in [1.807, 2.05) is 30.3 Å². The van der Waals surface area contributed by atoms with Crippen LogP contribution in [-0.4, -0.2) is 30.5 Å². The number of esters is 1. The third kappa shape index (κ3) is 3.94. The Morgan fingerprint density at radius 2 is 1.92 bits per heavy atom. The lowest BCUT2D eigenvalue weighted by molar-refractivity contribution is 0.0469. The van der Waals surface area contributed by atoms with Crippen molar-refractivity contribution in [1.29, 1.82) is 0 Å². The first-order chi connectivity index (χ1) is 12.6. The monoisotopic (exact) mass is 371 g/mol. The maximum absolute atomic E-state index is 13.6. The maximum atomic E-state index is 13.6. The van der Waals surface area contributed by atoms with Crippen LogP contribution in [0.5, 0.6) is 5.75 Å². The molecular formula is C19H14FNO4S. The summed E-state index contributed by atoms with van der Waals surface area (Å²) in [5.41, 5.74) is 1.11. The summed E-state index contributed by atoms with van der Waals surface area (Å²) in [6, 6.07) is 13.2. The van der Waals surface area contributed by atoms with Crippen LogP contribution >= 0.6 is 11.3 Å². The maximum Gasteiger partial charge on any atom is 0.358 e. The molecule has 0 aliphatic heterocycles. The molecule has 0 aliphatic rings. The lowest BCUT2D eigenvalue weighted by Crippen LogP contribution is -2.14. The fourth-order valence-electron chi connectivity index (χ4n) is 2.21. The van der Waals surface area contributed by atoms with Crippen LogP contribution in [-0.2, 0) is 4.74 Å². The summed E-state index contributed by atoms with van der Waals surface area (Å²) in [5, 5.41) is 2.25. The Morgan fingerprint density at radius 1 is 1.15 bits per heavy atom. The molecule has 5 nitrogen and oxygen atoms in total. The van der Waals surface area contributed by atoms with Gasteiger partial charge in [0.15, 0.2) is 29.7 Å². The summed E-state index contributed by atoms with van der Waals surface area (Å²) in [4.78, 5) is 28.3. The molecule has 3 rings (SSSR count). The van der Waals surface area contributed by atoms with Gasteiger partial charge in [-0.1, -0.05) is 30.3 Å². The van der Waals surface area contributed by atoms with E-state index in [-0.39, 0.29) is 17.0 Å². The number of thiazole rings is 1. The van der Waals surface area contributed by atoms with Crippen LogP contribution in [0.25, 0.3) is 10.6 Å². The third-order valence-corrected chi connectivity index (χ3v) is 4.43. The number of nitrogens with zero attached hydrogens (tertiary/aromatic N) is 1. The zero-order chi connectivity index (χ0) is 18.5. The Labute approximate surface area is 153 Å². The number of methoxy groups -OCH3 is 1. The van der Waals surface area contributed by atoms with Gasteiger partial charge in [-0.15, -0.1) is 11.3 Å². The van der Waals surface area contributed by atoms with E-state index in [9.17, 15) is 14.0 Å². The van der Waals surface area contributed by atoms with Gasteiger partial charge < -0.3 is 9.47 Å². The number of hydrogen-bond donors (Lipinski definition) is 0. The van der Waals surface area contributed by atoms with Crippen LogP contribution < -0.4 is 4.74 Å². The van der Waals surface area contributed by atoms with E-state index in [1.54, 1.807) is 5.38 Å². The minimum absolute atomic E-state index is 0.0365. The molecule has 0 bridgehead atoms. The average molecular weight is 371 g/mol. The van der Waals surface area contributed by atoms with Crippen LogP contribution in [0.15, 0.2) is 53.9 Å². The molecule has 0 fully saturated rings. The minimum Gasteiger partial charge on any atom is -0.494 e. The normalized spacial score (nSPS) is 10.4. The topological polar surface area (TPSA) is 65.5 Å². The zero-order valence-corrected chi connectivity index (χ0v) is 14.6. The molecule has 0 radical (unpaired) electrons. The molecule has 0 unspecified atom stereocenters. The molecule has 2 aromatic carbocycles. The first-order valence-corrected chi connectivity index (χ1v) is 8.51. The van der Waals surface area contributed by atoms with Crippen molar-refractivity contribution in [1.82, 2.24) is 4.98 Å². The quantitative estimate of drug-likeness (QED) is 0.484. The number of carbonyl (C=O) groups excluding carboxylic acids is 2. The fourth-order valence-corrected chi connectivity index (χ4v) is 3.00. The lowest BCUT2D eigenvalue weighted by atomic mass is 10.1. The summed E-state index contributed by atoms with van der Waals surface area (Å²) in [6.07, 6.45) is 0. The molecule has 1 heterocycles. The second-order valence-corrected chi connectivity index (χ2v) is 6.11. The van der Waals surface area contributed by atoms with Crippen molar-refractivity contribution in [2.75, 3.05) is 13.7 Å². The van der Waals surface area contributed by atoms with Gasteiger partial charge >= 0.3 is 5.97 Å². The van der Waals surface area contributed by atoms with Crippen molar-refractivity contribution in [3.8, 4) is 16.3 Å². The Hall–Kier alpha value is -3.06. The number of Topliss-reactive ketones (excluding diaryl/α,β-unsaturated/α-hetero) is 1. The van der Waals surface area contributed by atoms with E-state index < -0.39 is 24.2 Å². The van der Waals surface area contributed by atoms with Gasteiger partial charge in [-0.25, -0.2) is 14.2 Å². The molecule has 0 aliphatic carbocycles. The molecule has 0 atom stereocenters. The molecule has 0 N–H and O–H groups in total.